The number of fused-ring (bicyclic) bond motifs is 2. The zero-order valence-electron chi connectivity index (χ0n) is 19.7. The van der Waals surface area contributed by atoms with E-state index >= 15 is 0 Å². The second kappa shape index (κ2) is 8.86. The van der Waals surface area contributed by atoms with Gasteiger partial charge in [0.2, 0.25) is 5.76 Å². The number of carbonyl (C=O) groups excluding carboxylic acids is 1. The van der Waals surface area contributed by atoms with E-state index in [1.165, 1.54) is 0 Å². The zero-order chi connectivity index (χ0) is 24.6. The fourth-order valence-electron chi connectivity index (χ4n) is 4.72. The molecule has 1 aliphatic rings. The second-order valence-corrected chi connectivity index (χ2v) is 8.93. The third-order valence-electron chi connectivity index (χ3n) is 6.51. The number of carbonyl (C=O) groups is 1. The summed E-state index contributed by atoms with van der Waals surface area (Å²) in [5.74, 6) is 0.406. The molecule has 5 aromatic rings. The van der Waals surface area contributed by atoms with Gasteiger partial charge in [-0.25, -0.2) is 0 Å². The third-order valence-corrected chi connectivity index (χ3v) is 6.51. The molecule has 1 amide bonds. The van der Waals surface area contributed by atoms with Crippen LogP contribution in [0.1, 0.15) is 38.9 Å². The van der Waals surface area contributed by atoms with Crippen molar-refractivity contribution in [2.75, 3.05) is 4.90 Å². The molecule has 0 aliphatic carbocycles. The van der Waals surface area contributed by atoms with Crippen LogP contribution < -0.4 is 15.1 Å². The van der Waals surface area contributed by atoms with Crippen molar-refractivity contribution in [3.05, 3.63) is 141 Å². The molecule has 5 nitrogen and oxygen atoms in total. The number of hydrogen-bond donors (Lipinski definition) is 0. The van der Waals surface area contributed by atoms with E-state index in [1.54, 1.807) is 29.2 Å². The highest BCUT2D eigenvalue weighted by molar-refractivity contribution is 6.10. The van der Waals surface area contributed by atoms with E-state index in [4.69, 9.17) is 9.15 Å². The highest BCUT2D eigenvalue weighted by Gasteiger charge is 2.43. The Bertz CT molecular complexity index is 1640. The molecular weight excluding hydrogens is 450 g/mol. The highest BCUT2D eigenvalue weighted by Crippen LogP contribution is 2.42. The topological polar surface area (TPSA) is 59.8 Å². The predicted molar refractivity (Wildman–Crippen MR) is 140 cm³/mol. The summed E-state index contributed by atoms with van der Waals surface area (Å²) < 4.78 is 12.1. The minimum atomic E-state index is -0.642. The van der Waals surface area contributed by atoms with Gasteiger partial charge in [0.25, 0.3) is 5.91 Å². The molecule has 36 heavy (non-hydrogen) atoms. The SMILES string of the molecule is Cc1ccc(N2C(=O)c3oc4ccccc4c(=O)c3C2c2cccc(OCc3ccccc3)c2)cc1. The lowest BCUT2D eigenvalue weighted by molar-refractivity contribution is 0.0971. The quantitative estimate of drug-likeness (QED) is 0.295. The van der Waals surface area contributed by atoms with Gasteiger partial charge < -0.3 is 9.15 Å². The van der Waals surface area contributed by atoms with Crippen molar-refractivity contribution in [1.82, 2.24) is 0 Å². The molecule has 5 heteroatoms. The summed E-state index contributed by atoms with van der Waals surface area (Å²) in [7, 11) is 0. The molecule has 1 unspecified atom stereocenters. The molecule has 0 fully saturated rings. The summed E-state index contributed by atoms with van der Waals surface area (Å²) in [6, 6.07) is 31.6. The molecule has 0 spiro atoms. The molecule has 0 saturated carbocycles. The number of benzene rings is 4. The minimum Gasteiger partial charge on any atom is -0.489 e. The first-order valence-corrected chi connectivity index (χ1v) is 11.8. The number of aryl methyl sites for hydroxylation is 1. The first-order valence-electron chi connectivity index (χ1n) is 11.8. The van der Waals surface area contributed by atoms with Crippen molar-refractivity contribution >= 4 is 22.6 Å². The summed E-state index contributed by atoms with van der Waals surface area (Å²) in [4.78, 5) is 29.1. The van der Waals surface area contributed by atoms with Gasteiger partial charge in [0.05, 0.1) is 17.0 Å². The van der Waals surface area contributed by atoms with Crippen molar-refractivity contribution in [2.24, 2.45) is 0 Å². The van der Waals surface area contributed by atoms with Crippen LogP contribution in [0.25, 0.3) is 11.0 Å². The molecule has 2 heterocycles. The molecule has 1 aromatic heterocycles. The zero-order valence-corrected chi connectivity index (χ0v) is 19.7. The number of para-hydroxylation sites is 1. The Hall–Kier alpha value is -4.64. The number of amides is 1. The standard InChI is InChI=1S/C31H23NO4/c1-20-14-16-23(17-15-20)32-28(22-10-7-11-24(18-22)35-19-21-8-3-2-4-9-21)27-29(33)25-12-5-6-13-26(25)36-30(27)31(32)34/h2-18,28H,19H2,1H3. The lowest BCUT2D eigenvalue weighted by Gasteiger charge is -2.25. The predicted octanol–water partition coefficient (Wildman–Crippen LogP) is 6.43. The van der Waals surface area contributed by atoms with Crippen LogP contribution in [0, 0.1) is 6.92 Å². The monoisotopic (exact) mass is 473 g/mol. The first-order chi connectivity index (χ1) is 17.6. The maximum absolute atomic E-state index is 13.7. The highest BCUT2D eigenvalue weighted by atomic mass is 16.5. The molecule has 176 valence electrons. The lowest BCUT2D eigenvalue weighted by atomic mass is 9.98. The molecule has 6 rings (SSSR count). The lowest BCUT2D eigenvalue weighted by Crippen LogP contribution is -2.29. The van der Waals surface area contributed by atoms with E-state index in [1.807, 2.05) is 85.8 Å². The van der Waals surface area contributed by atoms with Crippen LogP contribution in [-0.2, 0) is 6.61 Å². The first kappa shape index (κ1) is 21.9. The third kappa shape index (κ3) is 3.75. The molecule has 0 N–H and O–H groups in total. The van der Waals surface area contributed by atoms with Crippen LogP contribution in [0.5, 0.6) is 5.75 Å². The van der Waals surface area contributed by atoms with Crippen LogP contribution in [0.3, 0.4) is 0 Å². The number of rotatable bonds is 5. The molecule has 0 bridgehead atoms. The van der Waals surface area contributed by atoms with E-state index in [0.717, 1.165) is 16.7 Å². The smallest absolute Gasteiger partial charge is 0.295 e. The van der Waals surface area contributed by atoms with Gasteiger partial charge in [-0.15, -0.1) is 0 Å². The van der Waals surface area contributed by atoms with Crippen molar-refractivity contribution < 1.29 is 13.9 Å². The molecular formula is C31H23NO4. The Morgan fingerprint density at radius 2 is 1.58 bits per heavy atom. The maximum atomic E-state index is 13.7. The van der Waals surface area contributed by atoms with Gasteiger partial charge in [-0.2, -0.15) is 0 Å². The average Bonchev–Trinajstić information content (AvgIpc) is 3.21. The van der Waals surface area contributed by atoms with Gasteiger partial charge in [-0.05, 0) is 54.4 Å². The van der Waals surface area contributed by atoms with Gasteiger partial charge in [-0.1, -0.05) is 72.3 Å². The molecule has 4 aromatic carbocycles. The second-order valence-electron chi connectivity index (χ2n) is 8.93. The fraction of sp³-hybridized carbons (Fsp3) is 0.0968. The Morgan fingerprint density at radius 3 is 2.39 bits per heavy atom. The van der Waals surface area contributed by atoms with Crippen LogP contribution in [0.15, 0.2) is 112 Å². The van der Waals surface area contributed by atoms with Gasteiger partial charge in [-0.3, -0.25) is 14.5 Å². The van der Waals surface area contributed by atoms with Crippen molar-refractivity contribution in [3.8, 4) is 5.75 Å². The van der Waals surface area contributed by atoms with Crippen LogP contribution >= 0.6 is 0 Å². The van der Waals surface area contributed by atoms with Crippen LogP contribution in [0.4, 0.5) is 5.69 Å². The van der Waals surface area contributed by atoms with Crippen LogP contribution in [-0.4, -0.2) is 5.91 Å². The Morgan fingerprint density at radius 1 is 0.833 bits per heavy atom. The number of anilines is 1. The van der Waals surface area contributed by atoms with Gasteiger partial charge in [0.15, 0.2) is 5.43 Å². The minimum absolute atomic E-state index is 0.0832. The van der Waals surface area contributed by atoms with E-state index in [-0.39, 0.29) is 17.1 Å². The van der Waals surface area contributed by atoms with Crippen molar-refractivity contribution in [1.29, 1.82) is 0 Å². The van der Waals surface area contributed by atoms with Crippen molar-refractivity contribution in [3.63, 3.8) is 0 Å². The van der Waals surface area contributed by atoms with Gasteiger partial charge >= 0.3 is 0 Å². The summed E-state index contributed by atoms with van der Waals surface area (Å²) in [5.41, 5.74) is 4.15. The number of nitrogens with zero attached hydrogens (tertiary/aromatic N) is 1. The number of hydrogen-bond acceptors (Lipinski definition) is 4. The summed E-state index contributed by atoms with van der Waals surface area (Å²) in [5, 5.41) is 0.455. The molecule has 1 aliphatic heterocycles. The summed E-state index contributed by atoms with van der Waals surface area (Å²) in [6.07, 6.45) is 0. The van der Waals surface area contributed by atoms with Crippen molar-refractivity contribution in [2.45, 2.75) is 19.6 Å². The number of ether oxygens (including phenoxy) is 1. The normalized spacial score (nSPS) is 14.8. The fourth-order valence-corrected chi connectivity index (χ4v) is 4.72. The Labute approximate surface area is 208 Å². The van der Waals surface area contributed by atoms with Gasteiger partial charge in [0, 0.05) is 5.69 Å². The average molecular weight is 474 g/mol. The molecule has 1 atom stereocenters. The Balaban J connectivity index is 1.48. The largest absolute Gasteiger partial charge is 0.489 e. The molecule has 0 saturated heterocycles. The van der Waals surface area contributed by atoms with E-state index < -0.39 is 6.04 Å². The van der Waals surface area contributed by atoms with Crippen LogP contribution in [0.2, 0.25) is 0 Å². The van der Waals surface area contributed by atoms with E-state index in [2.05, 4.69) is 0 Å². The van der Waals surface area contributed by atoms with E-state index in [0.29, 0.717) is 34.6 Å². The maximum Gasteiger partial charge on any atom is 0.295 e. The summed E-state index contributed by atoms with van der Waals surface area (Å²) in [6.45, 7) is 2.41. The summed E-state index contributed by atoms with van der Waals surface area (Å²) >= 11 is 0. The van der Waals surface area contributed by atoms with E-state index in [9.17, 15) is 9.59 Å². The Kier molecular flexibility index (Phi) is 5.38. The molecule has 0 radical (unpaired) electrons. The van der Waals surface area contributed by atoms with Gasteiger partial charge in [0.1, 0.15) is 17.9 Å².